The Bertz CT molecular complexity index is 1030. The fourth-order valence-electron chi connectivity index (χ4n) is 3.80. The monoisotopic (exact) mass is 434 g/mol. The molecule has 2 heterocycles. The van der Waals surface area contributed by atoms with Gasteiger partial charge in [0.05, 0.1) is 25.4 Å². The van der Waals surface area contributed by atoms with Crippen LogP contribution in [-0.2, 0) is 17.8 Å². The molecular formula is C25H27FN4O2. The molecule has 2 aromatic carbocycles. The highest BCUT2D eigenvalue weighted by atomic mass is 19.1. The molecule has 4 rings (SSSR count). The van der Waals surface area contributed by atoms with Crippen molar-refractivity contribution in [2.24, 2.45) is 0 Å². The van der Waals surface area contributed by atoms with Crippen LogP contribution in [0.5, 0.6) is 5.75 Å². The lowest BCUT2D eigenvalue weighted by Gasteiger charge is -2.35. The summed E-state index contributed by atoms with van der Waals surface area (Å²) in [5.74, 6) is 1.32. The van der Waals surface area contributed by atoms with Crippen LogP contribution in [0.3, 0.4) is 0 Å². The molecule has 1 aromatic heterocycles. The van der Waals surface area contributed by atoms with Crippen LogP contribution in [-0.4, -0.2) is 49.1 Å². The van der Waals surface area contributed by atoms with Gasteiger partial charge in [0.1, 0.15) is 17.4 Å². The summed E-state index contributed by atoms with van der Waals surface area (Å²) in [5, 5.41) is 2.85. The molecule has 1 N–H and O–H groups in total. The molecule has 0 radical (unpaired) electrons. The average Bonchev–Trinajstić information content (AvgIpc) is 2.82. The number of pyridine rings is 1. The van der Waals surface area contributed by atoms with E-state index in [4.69, 9.17) is 4.74 Å². The van der Waals surface area contributed by atoms with Crippen molar-refractivity contribution in [2.45, 2.75) is 13.0 Å². The minimum absolute atomic E-state index is 0.155. The van der Waals surface area contributed by atoms with Gasteiger partial charge in [0, 0.05) is 32.7 Å². The number of carbonyl (C=O) groups is 1. The molecule has 1 aliphatic heterocycles. The van der Waals surface area contributed by atoms with Crippen LogP contribution in [0.15, 0.2) is 66.9 Å². The number of hydrogen-bond acceptors (Lipinski definition) is 5. The topological polar surface area (TPSA) is 57.7 Å². The summed E-state index contributed by atoms with van der Waals surface area (Å²) in [4.78, 5) is 21.4. The maximum absolute atomic E-state index is 13.0. The van der Waals surface area contributed by atoms with Crippen LogP contribution >= 0.6 is 0 Å². The molecule has 0 unspecified atom stereocenters. The van der Waals surface area contributed by atoms with Crippen molar-refractivity contribution < 1.29 is 13.9 Å². The van der Waals surface area contributed by atoms with Crippen molar-refractivity contribution in [2.75, 3.05) is 43.5 Å². The van der Waals surface area contributed by atoms with Gasteiger partial charge in [-0.25, -0.2) is 9.37 Å². The SMILES string of the molecule is COc1cccc(CN2CCN(c3ccc(NC(=O)Cc4ccc(F)cc4)cn3)CC2)c1. The van der Waals surface area contributed by atoms with E-state index in [1.54, 1.807) is 25.4 Å². The zero-order valence-corrected chi connectivity index (χ0v) is 18.1. The molecule has 7 heteroatoms. The summed E-state index contributed by atoms with van der Waals surface area (Å²) < 4.78 is 18.3. The number of carbonyl (C=O) groups excluding carboxylic acids is 1. The summed E-state index contributed by atoms with van der Waals surface area (Å²) in [5.41, 5.74) is 2.66. The van der Waals surface area contributed by atoms with Gasteiger partial charge in [-0.05, 0) is 47.5 Å². The Balaban J connectivity index is 1.26. The predicted octanol–water partition coefficient (Wildman–Crippen LogP) is 3.73. The number of anilines is 2. The van der Waals surface area contributed by atoms with Gasteiger partial charge in [0.2, 0.25) is 5.91 Å². The lowest BCUT2D eigenvalue weighted by atomic mass is 10.1. The normalized spacial score (nSPS) is 14.2. The highest BCUT2D eigenvalue weighted by Gasteiger charge is 2.18. The number of nitrogens with zero attached hydrogens (tertiary/aromatic N) is 3. The number of methoxy groups -OCH3 is 1. The molecule has 166 valence electrons. The molecule has 3 aromatic rings. The van der Waals surface area contributed by atoms with E-state index in [1.165, 1.54) is 17.7 Å². The van der Waals surface area contributed by atoms with E-state index in [2.05, 4.69) is 32.2 Å². The minimum atomic E-state index is -0.310. The Morgan fingerprint density at radius 3 is 2.50 bits per heavy atom. The van der Waals surface area contributed by atoms with Gasteiger partial charge < -0.3 is 15.0 Å². The molecule has 1 aliphatic rings. The zero-order valence-electron chi connectivity index (χ0n) is 18.1. The molecule has 0 saturated carbocycles. The number of rotatable bonds is 7. The van der Waals surface area contributed by atoms with E-state index in [0.29, 0.717) is 5.69 Å². The first kappa shape index (κ1) is 21.8. The van der Waals surface area contributed by atoms with Gasteiger partial charge in [0.15, 0.2) is 0 Å². The van der Waals surface area contributed by atoms with Crippen molar-refractivity contribution in [3.05, 3.63) is 83.8 Å². The Hall–Kier alpha value is -3.45. The van der Waals surface area contributed by atoms with Crippen molar-refractivity contribution in [3.8, 4) is 5.75 Å². The van der Waals surface area contributed by atoms with Gasteiger partial charge in [-0.15, -0.1) is 0 Å². The second kappa shape index (κ2) is 10.2. The quantitative estimate of drug-likeness (QED) is 0.614. The van der Waals surface area contributed by atoms with Crippen molar-refractivity contribution in [1.82, 2.24) is 9.88 Å². The van der Waals surface area contributed by atoms with Gasteiger partial charge in [-0.3, -0.25) is 9.69 Å². The number of halogens is 1. The van der Waals surface area contributed by atoms with Crippen LogP contribution in [0.1, 0.15) is 11.1 Å². The summed E-state index contributed by atoms with van der Waals surface area (Å²) in [7, 11) is 1.69. The molecule has 1 amide bonds. The molecule has 0 aliphatic carbocycles. The standard InChI is InChI=1S/C25H27FN4O2/c1-32-23-4-2-3-20(15-23)18-29-11-13-30(14-12-29)24-10-9-22(17-27-24)28-25(31)16-19-5-7-21(26)8-6-19/h2-10,15,17H,11-14,16,18H2,1H3,(H,28,31). The van der Waals surface area contributed by atoms with Crippen LogP contribution in [0.2, 0.25) is 0 Å². The first-order valence-corrected chi connectivity index (χ1v) is 10.7. The van der Waals surface area contributed by atoms with E-state index >= 15 is 0 Å². The molecule has 32 heavy (non-hydrogen) atoms. The molecule has 6 nitrogen and oxygen atoms in total. The smallest absolute Gasteiger partial charge is 0.228 e. The second-order valence-corrected chi connectivity index (χ2v) is 7.87. The van der Waals surface area contributed by atoms with E-state index < -0.39 is 0 Å². The number of hydrogen-bond donors (Lipinski definition) is 1. The van der Waals surface area contributed by atoms with E-state index in [1.807, 2.05) is 24.3 Å². The molecule has 1 saturated heterocycles. The fraction of sp³-hybridized carbons (Fsp3) is 0.280. The summed E-state index contributed by atoms with van der Waals surface area (Å²) in [6.45, 7) is 4.60. The van der Waals surface area contributed by atoms with E-state index in [9.17, 15) is 9.18 Å². The van der Waals surface area contributed by atoms with Crippen molar-refractivity contribution in [1.29, 1.82) is 0 Å². The molecule has 1 fully saturated rings. The van der Waals surface area contributed by atoms with E-state index in [0.717, 1.165) is 49.9 Å². The van der Waals surface area contributed by atoms with Crippen LogP contribution < -0.4 is 15.0 Å². The Kier molecular flexibility index (Phi) is 6.97. The fourth-order valence-corrected chi connectivity index (χ4v) is 3.80. The highest BCUT2D eigenvalue weighted by molar-refractivity contribution is 5.92. The third-order valence-corrected chi connectivity index (χ3v) is 5.55. The number of amides is 1. The van der Waals surface area contributed by atoms with Crippen LogP contribution in [0.25, 0.3) is 0 Å². The van der Waals surface area contributed by atoms with Crippen LogP contribution in [0.4, 0.5) is 15.9 Å². The van der Waals surface area contributed by atoms with E-state index in [-0.39, 0.29) is 18.1 Å². The van der Waals surface area contributed by atoms with Gasteiger partial charge in [-0.1, -0.05) is 24.3 Å². The molecule has 0 atom stereocenters. The lowest BCUT2D eigenvalue weighted by Crippen LogP contribution is -2.46. The third kappa shape index (κ3) is 5.82. The minimum Gasteiger partial charge on any atom is -0.497 e. The maximum Gasteiger partial charge on any atom is 0.228 e. The number of nitrogens with one attached hydrogen (secondary N) is 1. The molecule has 0 spiro atoms. The maximum atomic E-state index is 13.0. The summed E-state index contributed by atoms with van der Waals surface area (Å²) in [6, 6.07) is 17.9. The number of aromatic nitrogens is 1. The Morgan fingerprint density at radius 1 is 1.03 bits per heavy atom. The highest BCUT2D eigenvalue weighted by Crippen LogP contribution is 2.19. The van der Waals surface area contributed by atoms with Gasteiger partial charge >= 0.3 is 0 Å². The Morgan fingerprint density at radius 2 is 1.81 bits per heavy atom. The summed E-state index contributed by atoms with van der Waals surface area (Å²) >= 11 is 0. The Labute approximate surface area is 187 Å². The van der Waals surface area contributed by atoms with Crippen molar-refractivity contribution >= 4 is 17.4 Å². The van der Waals surface area contributed by atoms with Gasteiger partial charge in [-0.2, -0.15) is 0 Å². The summed E-state index contributed by atoms with van der Waals surface area (Å²) in [6.07, 6.45) is 1.87. The second-order valence-electron chi connectivity index (χ2n) is 7.87. The number of ether oxygens (including phenoxy) is 1. The van der Waals surface area contributed by atoms with Crippen molar-refractivity contribution in [3.63, 3.8) is 0 Å². The third-order valence-electron chi connectivity index (χ3n) is 5.55. The molecule has 0 bridgehead atoms. The average molecular weight is 435 g/mol. The predicted molar refractivity (Wildman–Crippen MR) is 123 cm³/mol. The largest absolute Gasteiger partial charge is 0.497 e. The number of benzene rings is 2. The molecular weight excluding hydrogens is 407 g/mol. The van der Waals surface area contributed by atoms with Crippen LogP contribution in [0, 0.1) is 5.82 Å². The first-order chi connectivity index (χ1) is 15.6. The van der Waals surface area contributed by atoms with Gasteiger partial charge in [0.25, 0.3) is 0 Å². The first-order valence-electron chi connectivity index (χ1n) is 10.7. The number of piperazine rings is 1. The lowest BCUT2D eigenvalue weighted by molar-refractivity contribution is -0.115. The zero-order chi connectivity index (χ0) is 22.3.